The Morgan fingerprint density at radius 1 is 1.53 bits per heavy atom. The first-order chi connectivity index (χ1) is 9.29. The van der Waals surface area contributed by atoms with Crippen LogP contribution < -0.4 is 10.1 Å². The number of ether oxygens (including phenoxy) is 2. The van der Waals surface area contributed by atoms with Crippen LogP contribution in [0, 0.1) is 5.82 Å². The van der Waals surface area contributed by atoms with Gasteiger partial charge in [-0.15, -0.1) is 0 Å². The van der Waals surface area contributed by atoms with Gasteiger partial charge in [-0.05, 0) is 25.7 Å². The number of halogens is 1. The maximum Gasteiger partial charge on any atom is 0.255 e. The molecule has 1 aliphatic heterocycles. The molecule has 1 aromatic rings. The third kappa shape index (κ3) is 4.31. The quantitative estimate of drug-likeness (QED) is 0.859. The second kappa shape index (κ2) is 7.23. The molecule has 2 rings (SSSR count). The molecule has 1 fully saturated rings. The summed E-state index contributed by atoms with van der Waals surface area (Å²) < 4.78 is 24.5. The monoisotopic (exact) mass is 269 g/mol. The molecule has 5 nitrogen and oxygen atoms in total. The van der Waals surface area contributed by atoms with E-state index in [1.165, 1.54) is 0 Å². The first-order valence-electron chi connectivity index (χ1n) is 6.80. The van der Waals surface area contributed by atoms with Gasteiger partial charge in [-0.1, -0.05) is 6.92 Å². The second-order valence-corrected chi connectivity index (χ2v) is 4.57. The Hall–Kier alpha value is -1.43. The van der Waals surface area contributed by atoms with Crippen LogP contribution in [0.5, 0.6) is 5.88 Å². The van der Waals surface area contributed by atoms with E-state index in [-0.39, 0.29) is 12.0 Å². The minimum absolute atomic E-state index is 0.0113. The van der Waals surface area contributed by atoms with Crippen molar-refractivity contribution in [2.45, 2.75) is 38.7 Å². The van der Waals surface area contributed by atoms with Crippen molar-refractivity contribution < 1.29 is 13.9 Å². The first kappa shape index (κ1) is 14.0. The molecule has 0 saturated carbocycles. The van der Waals surface area contributed by atoms with Gasteiger partial charge in [-0.2, -0.15) is 9.37 Å². The van der Waals surface area contributed by atoms with E-state index >= 15 is 0 Å². The summed E-state index contributed by atoms with van der Waals surface area (Å²) >= 11 is 0. The van der Waals surface area contributed by atoms with Crippen LogP contribution in [0.3, 0.4) is 0 Å². The molecule has 0 aromatic carbocycles. The van der Waals surface area contributed by atoms with Gasteiger partial charge in [0.15, 0.2) is 0 Å². The largest absolute Gasteiger partial charge is 0.473 e. The molecule has 6 heteroatoms. The fraction of sp³-hybridized carbons (Fsp3) is 0.692. The first-order valence-corrected chi connectivity index (χ1v) is 6.80. The van der Waals surface area contributed by atoms with Crippen LogP contribution in [0.25, 0.3) is 0 Å². The molecule has 1 aromatic heterocycles. The summed E-state index contributed by atoms with van der Waals surface area (Å²) in [5.41, 5.74) is 0. The Labute approximate surface area is 112 Å². The normalized spacial score (nSPS) is 19.2. The average molecular weight is 269 g/mol. The zero-order chi connectivity index (χ0) is 13.5. The van der Waals surface area contributed by atoms with E-state index in [4.69, 9.17) is 9.47 Å². The molecule has 1 unspecified atom stereocenters. The summed E-state index contributed by atoms with van der Waals surface area (Å²) in [5, 5.41) is 3.00. The number of nitrogens with zero attached hydrogens (tertiary/aromatic N) is 2. The maximum absolute atomic E-state index is 13.5. The maximum atomic E-state index is 13.5. The lowest BCUT2D eigenvalue weighted by Gasteiger charge is -2.22. The van der Waals surface area contributed by atoms with E-state index in [9.17, 15) is 4.39 Å². The van der Waals surface area contributed by atoms with Crippen LogP contribution in [0.1, 0.15) is 32.6 Å². The summed E-state index contributed by atoms with van der Waals surface area (Å²) in [4.78, 5) is 7.88. The van der Waals surface area contributed by atoms with Crippen molar-refractivity contribution in [3.63, 3.8) is 0 Å². The highest BCUT2D eigenvalue weighted by atomic mass is 19.1. The second-order valence-electron chi connectivity index (χ2n) is 4.57. The molecular formula is C13H20FN3O2. The number of hydrogen-bond acceptors (Lipinski definition) is 5. The molecule has 19 heavy (non-hydrogen) atoms. The van der Waals surface area contributed by atoms with Gasteiger partial charge in [0.1, 0.15) is 6.61 Å². The lowest BCUT2D eigenvalue weighted by Crippen LogP contribution is -2.26. The van der Waals surface area contributed by atoms with Crippen LogP contribution in [0.4, 0.5) is 10.3 Å². The van der Waals surface area contributed by atoms with E-state index in [1.807, 2.05) is 6.92 Å². The van der Waals surface area contributed by atoms with Crippen LogP contribution in [0.2, 0.25) is 0 Å². The summed E-state index contributed by atoms with van der Waals surface area (Å²) in [6, 6.07) is 0. The fourth-order valence-corrected chi connectivity index (χ4v) is 1.89. The predicted octanol–water partition coefficient (Wildman–Crippen LogP) is 2.39. The average Bonchev–Trinajstić information content (AvgIpc) is 2.46. The standard InChI is InChI=1S/C13H20FN3O2/c1-2-6-15-13-16-8-11(14)12(17-13)19-9-10-5-3-4-7-18-10/h8,10H,2-7,9H2,1H3,(H,15,16,17). The Bertz CT molecular complexity index is 397. The molecule has 2 heterocycles. The van der Waals surface area contributed by atoms with Crippen LogP contribution in [0.15, 0.2) is 6.20 Å². The SMILES string of the molecule is CCCNc1ncc(F)c(OCC2CCCCO2)n1. The van der Waals surface area contributed by atoms with E-state index in [0.717, 1.165) is 45.0 Å². The lowest BCUT2D eigenvalue weighted by atomic mass is 10.1. The van der Waals surface area contributed by atoms with E-state index in [2.05, 4.69) is 15.3 Å². The van der Waals surface area contributed by atoms with Crippen molar-refractivity contribution in [1.29, 1.82) is 0 Å². The van der Waals surface area contributed by atoms with Gasteiger partial charge in [0.25, 0.3) is 5.88 Å². The molecular weight excluding hydrogens is 249 g/mol. The molecule has 0 amide bonds. The molecule has 1 atom stereocenters. The Morgan fingerprint density at radius 2 is 2.42 bits per heavy atom. The fourth-order valence-electron chi connectivity index (χ4n) is 1.89. The molecule has 1 aliphatic rings. The van der Waals surface area contributed by atoms with Gasteiger partial charge >= 0.3 is 0 Å². The molecule has 0 aliphatic carbocycles. The van der Waals surface area contributed by atoms with Gasteiger partial charge in [0, 0.05) is 13.2 Å². The Morgan fingerprint density at radius 3 is 3.16 bits per heavy atom. The van der Waals surface area contributed by atoms with E-state index in [0.29, 0.717) is 12.6 Å². The van der Waals surface area contributed by atoms with Gasteiger partial charge in [-0.25, -0.2) is 4.98 Å². The van der Waals surface area contributed by atoms with Crippen molar-refractivity contribution >= 4 is 5.95 Å². The number of hydrogen-bond donors (Lipinski definition) is 1. The number of rotatable bonds is 6. The zero-order valence-electron chi connectivity index (χ0n) is 11.2. The number of aromatic nitrogens is 2. The highest BCUT2D eigenvalue weighted by molar-refractivity contribution is 5.28. The Balaban J connectivity index is 1.90. The Kier molecular flexibility index (Phi) is 5.32. The van der Waals surface area contributed by atoms with Gasteiger partial charge < -0.3 is 14.8 Å². The van der Waals surface area contributed by atoms with E-state index < -0.39 is 5.82 Å². The van der Waals surface area contributed by atoms with Crippen molar-refractivity contribution in [3.8, 4) is 5.88 Å². The molecule has 1 N–H and O–H groups in total. The third-order valence-electron chi connectivity index (χ3n) is 2.92. The van der Waals surface area contributed by atoms with Crippen LogP contribution in [-0.4, -0.2) is 35.8 Å². The van der Waals surface area contributed by atoms with Crippen molar-refractivity contribution in [2.75, 3.05) is 25.1 Å². The van der Waals surface area contributed by atoms with Crippen LogP contribution in [-0.2, 0) is 4.74 Å². The van der Waals surface area contributed by atoms with Crippen molar-refractivity contribution in [3.05, 3.63) is 12.0 Å². The molecule has 0 bridgehead atoms. The van der Waals surface area contributed by atoms with E-state index in [1.54, 1.807) is 0 Å². The molecule has 0 radical (unpaired) electrons. The summed E-state index contributed by atoms with van der Waals surface area (Å²) in [7, 11) is 0. The zero-order valence-corrected chi connectivity index (χ0v) is 11.2. The predicted molar refractivity (Wildman–Crippen MR) is 69.9 cm³/mol. The topological polar surface area (TPSA) is 56.3 Å². The van der Waals surface area contributed by atoms with Gasteiger partial charge in [0.05, 0.1) is 12.3 Å². The summed E-state index contributed by atoms with van der Waals surface area (Å²) in [6.45, 7) is 3.87. The minimum Gasteiger partial charge on any atom is -0.473 e. The highest BCUT2D eigenvalue weighted by Gasteiger charge is 2.16. The van der Waals surface area contributed by atoms with Crippen molar-refractivity contribution in [2.24, 2.45) is 0 Å². The molecule has 1 saturated heterocycles. The van der Waals surface area contributed by atoms with Gasteiger partial charge in [-0.3, -0.25) is 0 Å². The summed E-state index contributed by atoms with van der Waals surface area (Å²) in [5.74, 6) is -0.163. The lowest BCUT2D eigenvalue weighted by molar-refractivity contribution is -0.0127. The van der Waals surface area contributed by atoms with Crippen molar-refractivity contribution in [1.82, 2.24) is 9.97 Å². The van der Waals surface area contributed by atoms with Gasteiger partial charge in [0.2, 0.25) is 11.8 Å². The number of nitrogens with one attached hydrogen (secondary N) is 1. The number of anilines is 1. The summed E-state index contributed by atoms with van der Waals surface area (Å²) in [6.07, 6.45) is 5.28. The molecule has 106 valence electrons. The molecule has 0 spiro atoms. The minimum atomic E-state index is -0.544. The third-order valence-corrected chi connectivity index (χ3v) is 2.92. The van der Waals surface area contributed by atoms with Crippen LogP contribution >= 0.6 is 0 Å². The smallest absolute Gasteiger partial charge is 0.255 e. The highest BCUT2D eigenvalue weighted by Crippen LogP contribution is 2.17.